The summed E-state index contributed by atoms with van der Waals surface area (Å²) in [5.41, 5.74) is 2.15. The van der Waals surface area contributed by atoms with Crippen molar-refractivity contribution in [1.29, 1.82) is 0 Å². The number of carbonyl (C=O) groups is 1. The van der Waals surface area contributed by atoms with Crippen LogP contribution in [0.5, 0.6) is 0 Å². The molecule has 0 bridgehead atoms. The first-order valence-corrected chi connectivity index (χ1v) is 3.46. The molecule has 0 radical (unpaired) electrons. The molecule has 2 aliphatic heterocycles. The van der Waals surface area contributed by atoms with Gasteiger partial charge in [-0.2, -0.15) is 0 Å². The number of esters is 1. The Balaban J connectivity index is 0.000000605. The van der Waals surface area contributed by atoms with Crippen LogP contribution in [0.15, 0.2) is 11.1 Å². The van der Waals surface area contributed by atoms with E-state index in [-0.39, 0.29) is 18.4 Å². The van der Waals surface area contributed by atoms with E-state index in [0.29, 0.717) is 6.61 Å². The van der Waals surface area contributed by atoms with Crippen LogP contribution >= 0.6 is 12.4 Å². The van der Waals surface area contributed by atoms with Gasteiger partial charge < -0.3 is 10.1 Å². The molecular weight excluding hydrogens is 166 g/mol. The zero-order valence-electron chi connectivity index (χ0n) is 6.05. The zero-order chi connectivity index (χ0) is 6.97. The van der Waals surface area contributed by atoms with Crippen LogP contribution < -0.4 is 5.32 Å². The largest absolute Gasteiger partial charge is 0.462 e. The van der Waals surface area contributed by atoms with E-state index in [2.05, 4.69) is 5.32 Å². The third kappa shape index (κ3) is 1.39. The monoisotopic (exact) mass is 175 g/mol. The number of cyclic esters (lactones) is 1. The van der Waals surface area contributed by atoms with Crippen LogP contribution in [0.3, 0.4) is 0 Å². The Kier molecular flexibility index (Phi) is 2.52. The van der Waals surface area contributed by atoms with E-state index < -0.39 is 0 Å². The summed E-state index contributed by atoms with van der Waals surface area (Å²) in [7, 11) is 0. The lowest BCUT2D eigenvalue weighted by Crippen LogP contribution is -2.35. The lowest BCUT2D eigenvalue weighted by Gasteiger charge is -2.19. The molecule has 11 heavy (non-hydrogen) atoms. The molecule has 0 aromatic carbocycles. The predicted octanol–water partition coefficient (Wildman–Crippen LogP) is 0.255. The third-order valence-electron chi connectivity index (χ3n) is 1.94. The van der Waals surface area contributed by atoms with Crippen molar-refractivity contribution >= 4 is 18.4 Å². The minimum atomic E-state index is -0.100. The van der Waals surface area contributed by atoms with E-state index in [4.69, 9.17) is 4.74 Å². The van der Waals surface area contributed by atoms with E-state index in [1.54, 1.807) is 0 Å². The molecule has 4 heteroatoms. The smallest absolute Gasteiger partial charge is 0.334 e. The topological polar surface area (TPSA) is 38.3 Å². The molecule has 2 rings (SSSR count). The number of hydrogen-bond donors (Lipinski definition) is 1. The third-order valence-corrected chi connectivity index (χ3v) is 1.94. The van der Waals surface area contributed by atoms with Crippen LogP contribution in [0.2, 0.25) is 0 Å². The lowest BCUT2D eigenvalue weighted by molar-refractivity contribution is -0.135. The van der Waals surface area contributed by atoms with Crippen LogP contribution in [-0.2, 0) is 9.53 Å². The average molecular weight is 176 g/mol. The maximum atomic E-state index is 10.9. The van der Waals surface area contributed by atoms with Gasteiger partial charge in [-0.05, 0) is 5.57 Å². The minimum absolute atomic E-state index is 0. The molecular formula is C7H10ClNO2. The van der Waals surface area contributed by atoms with E-state index in [1.807, 2.05) is 0 Å². The van der Waals surface area contributed by atoms with Crippen LogP contribution in [0.4, 0.5) is 0 Å². The molecule has 0 aliphatic carbocycles. The van der Waals surface area contributed by atoms with Crippen molar-refractivity contribution < 1.29 is 9.53 Å². The standard InChI is InChI=1S/C7H9NO2.ClH/c9-7-6(1-2-10-7)5-3-8-4-5;/h8H,1-4H2;1H. The second-order valence-electron chi connectivity index (χ2n) is 2.57. The van der Waals surface area contributed by atoms with Gasteiger partial charge >= 0.3 is 5.97 Å². The molecule has 62 valence electrons. The number of hydrogen-bond acceptors (Lipinski definition) is 3. The summed E-state index contributed by atoms with van der Waals surface area (Å²) >= 11 is 0. The molecule has 1 N–H and O–H groups in total. The van der Waals surface area contributed by atoms with Gasteiger partial charge in [-0.25, -0.2) is 4.79 Å². The van der Waals surface area contributed by atoms with Crippen molar-refractivity contribution in [1.82, 2.24) is 5.32 Å². The summed E-state index contributed by atoms with van der Waals surface area (Å²) in [6.45, 7) is 2.34. The average Bonchev–Trinajstić information content (AvgIpc) is 2.12. The SMILES string of the molecule is Cl.O=C1OCCC1=C1CNC1. The molecule has 0 spiro atoms. The molecule has 0 aromatic rings. The summed E-state index contributed by atoms with van der Waals surface area (Å²) in [6.07, 6.45) is 0.815. The number of halogens is 1. The number of rotatable bonds is 0. The quantitative estimate of drug-likeness (QED) is 0.424. The summed E-state index contributed by atoms with van der Waals surface area (Å²) in [4.78, 5) is 10.9. The van der Waals surface area contributed by atoms with Gasteiger partial charge in [0.15, 0.2) is 0 Å². The van der Waals surface area contributed by atoms with E-state index in [0.717, 1.165) is 25.1 Å². The Morgan fingerprint density at radius 2 is 2.09 bits per heavy atom. The van der Waals surface area contributed by atoms with Crippen molar-refractivity contribution in [2.24, 2.45) is 0 Å². The summed E-state index contributed by atoms with van der Waals surface area (Å²) in [5.74, 6) is -0.100. The number of nitrogens with one attached hydrogen (secondary N) is 1. The van der Waals surface area contributed by atoms with E-state index in [9.17, 15) is 4.79 Å². The Hall–Kier alpha value is -0.540. The first kappa shape index (κ1) is 8.56. The van der Waals surface area contributed by atoms with Crippen LogP contribution in [-0.4, -0.2) is 25.7 Å². The molecule has 2 heterocycles. The highest BCUT2D eigenvalue weighted by atomic mass is 35.5. The van der Waals surface area contributed by atoms with Gasteiger partial charge in [0.2, 0.25) is 0 Å². The summed E-state index contributed by atoms with van der Waals surface area (Å²) < 4.78 is 4.80. The first-order chi connectivity index (χ1) is 4.88. The molecule has 0 saturated carbocycles. The molecule has 0 unspecified atom stereocenters. The number of carbonyl (C=O) groups excluding carboxylic acids is 1. The maximum Gasteiger partial charge on any atom is 0.334 e. The normalized spacial score (nSPS) is 22.4. The van der Waals surface area contributed by atoms with Crippen molar-refractivity contribution in [3.8, 4) is 0 Å². The van der Waals surface area contributed by atoms with Gasteiger partial charge in [-0.1, -0.05) is 0 Å². The zero-order valence-corrected chi connectivity index (χ0v) is 6.87. The van der Waals surface area contributed by atoms with Crippen LogP contribution in [0, 0.1) is 0 Å². The first-order valence-electron chi connectivity index (χ1n) is 3.46. The van der Waals surface area contributed by atoms with E-state index in [1.165, 1.54) is 5.57 Å². The fourth-order valence-corrected chi connectivity index (χ4v) is 1.22. The number of ether oxygens (including phenoxy) is 1. The van der Waals surface area contributed by atoms with Crippen molar-refractivity contribution in [2.75, 3.05) is 19.7 Å². The van der Waals surface area contributed by atoms with Crippen molar-refractivity contribution in [3.63, 3.8) is 0 Å². The highest BCUT2D eigenvalue weighted by Crippen LogP contribution is 2.19. The van der Waals surface area contributed by atoms with Gasteiger partial charge in [0, 0.05) is 25.1 Å². The Morgan fingerprint density at radius 1 is 1.36 bits per heavy atom. The van der Waals surface area contributed by atoms with Gasteiger partial charge in [-0.3, -0.25) is 0 Å². The Labute approximate surface area is 71.2 Å². The van der Waals surface area contributed by atoms with Crippen molar-refractivity contribution in [3.05, 3.63) is 11.1 Å². The molecule has 0 amide bonds. The van der Waals surface area contributed by atoms with Gasteiger partial charge in [0.05, 0.1) is 6.61 Å². The molecule has 2 saturated heterocycles. The second kappa shape index (κ2) is 3.24. The molecule has 0 atom stereocenters. The fraction of sp³-hybridized carbons (Fsp3) is 0.571. The van der Waals surface area contributed by atoms with Crippen molar-refractivity contribution in [2.45, 2.75) is 6.42 Å². The van der Waals surface area contributed by atoms with Crippen LogP contribution in [0.1, 0.15) is 6.42 Å². The maximum absolute atomic E-state index is 10.9. The second-order valence-corrected chi connectivity index (χ2v) is 2.57. The minimum Gasteiger partial charge on any atom is -0.462 e. The Bertz CT molecular complexity index is 206. The van der Waals surface area contributed by atoms with Gasteiger partial charge in [0.1, 0.15) is 0 Å². The van der Waals surface area contributed by atoms with E-state index >= 15 is 0 Å². The van der Waals surface area contributed by atoms with Gasteiger partial charge in [-0.15, -0.1) is 12.4 Å². The Morgan fingerprint density at radius 3 is 2.45 bits per heavy atom. The highest BCUT2D eigenvalue weighted by molar-refractivity contribution is 5.91. The fourth-order valence-electron chi connectivity index (χ4n) is 1.22. The predicted molar refractivity (Wildman–Crippen MR) is 42.7 cm³/mol. The summed E-state index contributed by atoms with van der Waals surface area (Å²) in [6, 6.07) is 0. The molecule has 3 nitrogen and oxygen atoms in total. The highest BCUT2D eigenvalue weighted by Gasteiger charge is 2.25. The lowest BCUT2D eigenvalue weighted by atomic mass is 10.0. The molecule has 0 aromatic heterocycles. The molecule has 2 aliphatic rings. The molecule has 2 fully saturated rings. The van der Waals surface area contributed by atoms with Gasteiger partial charge in [0.25, 0.3) is 0 Å². The van der Waals surface area contributed by atoms with Crippen LogP contribution in [0.25, 0.3) is 0 Å². The summed E-state index contributed by atoms with van der Waals surface area (Å²) in [5, 5.41) is 3.09.